The number of benzene rings is 1. The lowest BCUT2D eigenvalue weighted by Gasteiger charge is -2.21. The lowest BCUT2D eigenvalue weighted by Crippen LogP contribution is -2.40. The molecule has 1 amide bonds. The standard InChI is InChI=1S/C14H14ClF3N6O2/c15-7-1-2-10(9(3-7)14(16,17)18)24-12(20-21-22-24)6-23-5-8(25)4-11(23)13(19)26/h1-3,8,11,25H,4-6H2,(H2,19,26)/t8-,11+/m1/s1. The van der Waals surface area contributed by atoms with Crippen LogP contribution < -0.4 is 5.73 Å². The van der Waals surface area contributed by atoms with Gasteiger partial charge in [-0.3, -0.25) is 9.69 Å². The number of nitrogens with zero attached hydrogens (tertiary/aromatic N) is 5. The molecule has 2 aromatic rings. The first-order valence-corrected chi connectivity index (χ1v) is 7.90. The van der Waals surface area contributed by atoms with Crippen molar-refractivity contribution in [3.8, 4) is 5.69 Å². The van der Waals surface area contributed by atoms with Crippen LogP contribution in [0.4, 0.5) is 13.2 Å². The van der Waals surface area contributed by atoms with Gasteiger partial charge in [0.2, 0.25) is 5.91 Å². The van der Waals surface area contributed by atoms with Gasteiger partial charge in [0.25, 0.3) is 0 Å². The fraction of sp³-hybridized carbons (Fsp3) is 0.429. The SMILES string of the molecule is NC(=O)[C@@H]1C[C@@H](O)CN1Cc1nnnn1-c1ccc(Cl)cc1C(F)(F)F. The van der Waals surface area contributed by atoms with Gasteiger partial charge in [-0.15, -0.1) is 5.10 Å². The van der Waals surface area contributed by atoms with Crippen molar-refractivity contribution in [2.45, 2.75) is 31.3 Å². The Labute approximate surface area is 150 Å². The summed E-state index contributed by atoms with van der Waals surface area (Å²) in [5.74, 6) is -0.568. The molecule has 0 radical (unpaired) electrons. The van der Waals surface area contributed by atoms with Crippen LogP contribution in [0, 0.1) is 0 Å². The molecule has 0 saturated carbocycles. The molecule has 12 heteroatoms. The molecule has 1 aliphatic rings. The van der Waals surface area contributed by atoms with Gasteiger partial charge in [-0.1, -0.05) is 11.6 Å². The first kappa shape index (κ1) is 18.5. The van der Waals surface area contributed by atoms with E-state index in [0.29, 0.717) is 0 Å². The van der Waals surface area contributed by atoms with Gasteiger partial charge in [0.05, 0.1) is 29.9 Å². The number of primary amides is 1. The summed E-state index contributed by atoms with van der Waals surface area (Å²) in [6, 6.07) is 2.50. The third-order valence-corrected chi connectivity index (χ3v) is 4.32. The molecule has 26 heavy (non-hydrogen) atoms. The summed E-state index contributed by atoms with van der Waals surface area (Å²) in [4.78, 5) is 13.0. The van der Waals surface area contributed by atoms with Crippen molar-refractivity contribution in [1.29, 1.82) is 0 Å². The second-order valence-corrected chi connectivity index (χ2v) is 6.34. The molecular formula is C14H14ClF3N6O2. The van der Waals surface area contributed by atoms with Crippen molar-refractivity contribution in [2.24, 2.45) is 5.73 Å². The highest BCUT2D eigenvalue weighted by Crippen LogP contribution is 2.35. The molecular weight excluding hydrogens is 377 g/mol. The highest BCUT2D eigenvalue weighted by molar-refractivity contribution is 6.30. The number of nitrogens with two attached hydrogens (primary N) is 1. The van der Waals surface area contributed by atoms with Crippen LogP contribution in [0.2, 0.25) is 5.02 Å². The molecule has 2 heterocycles. The van der Waals surface area contributed by atoms with Crippen molar-refractivity contribution in [3.05, 3.63) is 34.6 Å². The van der Waals surface area contributed by atoms with E-state index in [9.17, 15) is 23.1 Å². The minimum atomic E-state index is -4.66. The minimum absolute atomic E-state index is 0.0579. The smallest absolute Gasteiger partial charge is 0.392 e. The first-order chi connectivity index (χ1) is 12.2. The Morgan fingerprint density at radius 3 is 2.81 bits per heavy atom. The Morgan fingerprint density at radius 2 is 2.15 bits per heavy atom. The van der Waals surface area contributed by atoms with Gasteiger partial charge in [0, 0.05) is 11.6 Å². The molecule has 140 valence electrons. The average molecular weight is 391 g/mol. The van der Waals surface area contributed by atoms with E-state index >= 15 is 0 Å². The Morgan fingerprint density at radius 1 is 1.42 bits per heavy atom. The zero-order valence-electron chi connectivity index (χ0n) is 13.2. The second kappa shape index (κ2) is 6.82. The Hall–Kier alpha value is -2.24. The van der Waals surface area contributed by atoms with Crippen LogP contribution >= 0.6 is 11.6 Å². The third kappa shape index (κ3) is 3.64. The number of halogens is 4. The van der Waals surface area contributed by atoms with Crippen LogP contribution in [0.5, 0.6) is 0 Å². The van der Waals surface area contributed by atoms with E-state index in [2.05, 4.69) is 15.5 Å². The normalized spacial score (nSPS) is 21.3. The first-order valence-electron chi connectivity index (χ1n) is 7.52. The summed E-state index contributed by atoms with van der Waals surface area (Å²) in [5, 5.41) is 20.5. The number of hydrogen-bond acceptors (Lipinski definition) is 6. The van der Waals surface area contributed by atoms with Crippen LogP contribution in [-0.2, 0) is 17.5 Å². The lowest BCUT2D eigenvalue weighted by molar-refractivity contribution is -0.137. The minimum Gasteiger partial charge on any atom is -0.392 e. The quantitative estimate of drug-likeness (QED) is 0.797. The van der Waals surface area contributed by atoms with E-state index in [1.165, 1.54) is 11.0 Å². The molecule has 1 aromatic heterocycles. The number of alkyl halides is 3. The summed E-state index contributed by atoms with van der Waals surface area (Å²) < 4.78 is 40.9. The van der Waals surface area contributed by atoms with Gasteiger partial charge in [-0.25, -0.2) is 0 Å². The van der Waals surface area contributed by atoms with Gasteiger partial charge in [0.1, 0.15) is 0 Å². The molecule has 0 bridgehead atoms. The van der Waals surface area contributed by atoms with E-state index < -0.39 is 29.8 Å². The van der Waals surface area contributed by atoms with Crippen molar-refractivity contribution < 1.29 is 23.1 Å². The maximum absolute atomic E-state index is 13.3. The second-order valence-electron chi connectivity index (χ2n) is 5.90. The van der Waals surface area contributed by atoms with Crippen molar-refractivity contribution >= 4 is 17.5 Å². The van der Waals surface area contributed by atoms with Crippen molar-refractivity contribution in [3.63, 3.8) is 0 Å². The van der Waals surface area contributed by atoms with E-state index in [4.69, 9.17) is 17.3 Å². The largest absolute Gasteiger partial charge is 0.418 e. The fourth-order valence-electron chi connectivity index (χ4n) is 2.94. The van der Waals surface area contributed by atoms with Crippen molar-refractivity contribution in [2.75, 3.05) is 6.54 Å². The predicted molar refractivity (Wildman–Crippen MR) is 83.2 cm³/mol. The van der Waals surface area contributed by atoms with E-state index in [0.717, 1.165) is 16.8 Å². The summed E-state index contributed by atoms with van der Waals surface area (Å²) in [6.45, 7) is 0.0742. The molecule has 3 rings (SSSR count). The lowest BCUT2D eigenvalue weighted by atomic mass is 10.1. The number of aromatic nitrogens is 4. The Kier molecular flexibility index (Phi) is 4.86. The summed E-state index contributed by atoms with van der Waals surface area (Å²) >= 11 is 5.68. The van der Waals surface area contributed by atoms with Crippen LogP contribution in [0.3, 0.4) is 0 Å². The number of hydrogen-bond donors (Lipinski definition) is 2. The molecule has 1 aliphatic heterocycles. The summed E-state index contributed by atoms with van der Waals surface area (Å²) in [7, 11) is 0. The number of β-amino-alcohol motifs (C(OH)–C–C–N with tert-alkyl or cyclic N) is 1. The number of likely N-dealkylation sites (tertiary alicyclic amines) is 1. The monoisotopic (exact) mass is 390 g/mol. The zero-order chi connectivity index (χ0) is 19.1. The molecule has 1 aromatic carbocycles. The maximum atomic E-state index is 13.3. The van der Waals surface area contributed by atoms with Gasteiger partial charge in [-0.05, 0) is 35.0 Å². The maximum Gasteiger partial charge on any atom is 0.418 e. The number of tetrazole rings is 1. The number of carbonyl (C=O) groups is 1. The summed E-state index contributed by atoms with van der Waals surface area (Å²) in [5.41, 5.74) is 4.02. The zero-order valence-corrected chi connectivity index (χ0v) is 13.9. The Bertz CT molecular complexity index is 827. The van der Waals surface area contributed by atoms with Gasteiger partial charge in [0.15, 0.2) is 5.82 Å². The number of rotatable bonds is 4. The van der Waals surface area contributed by atoms with Crippen LogP contribution in [-0.4, -0.2) is 54.8 Å². The van der Waals surface area contributed by atoms with Crippen LogP contribution in [0.15, 0.2) is 18.2 Å². The number of carbonyl (C=O) groups excluding carboxylic acids is 1. The molecule has 0 aliphatic carbocycles. The van der Waals surface area contributed by atoms with E-state index in [1.54, 1.807) is 0 Å². The molecule has 1 saturated heterocycles. The van der Waals surface area contributed by atoms with Gasteiger partial charge < -0.3 is 10.8 Å². The van der Waals surface area contributed by atoms with Crippen LogP contribution in [0.25, 0.3) is 5.69 Å². The number of aliphatic hydroxyl groups is 1. The molecule has 0 spiro atoms. The highest BCUT2D eigenvalue weighted by Gasteiger charge is 2.37. The highest BCUT2D eigenvalue weighted by atomic mass is 35.5. The average Bonchev–Trinajstić information content (AvgIpc) is 3.13. The number of amides is 1. The van der Waals surface area contributed by atoms with Crippen LogP contribution in [0.1, 0.15) is 17.8 Å². The molecule has 2 atom stereocenters. The molecule has 0 unspecified atom stereocenters. The van der Waals surface area contributed by atoms with Crippen molar-refractivity contribution in [1.82, 2.24) is 25.1 Å². The summed E-state index contributed by atoms with van der Waals surface area (Å²) in [6.07, 6.45) is -5.28. The molecule has 8 nitrogen and oxygen atoms in total. The number of aliphatic hydroxyl groups excluding tert-OH is 1. The third-order valence-electron chi connectivity index (χ3n) is 4.08. The molecule has 1 fully saturated rings. The Balaban J connectivity index is 1.97. The predicted octanol–water partition coefficient (Wildman–Crippen LogP) is 0.755. The van der Waals surface area contributed by atoms with E-state index in [-0.39, 0.29) is 36.0 Å². The topological polar surface area (TPSA) is 110 Å². The van der Waals surface area contributed by atoms with Gasteiger partial charge in [-0.2, -0.15) is 17.9 Å². The fourth-order valence-corrected chi connectivity index (χ4v) is 3.12. The van der Waals surface area contributed by atoms with E-state index in [1.807, 2.05) is 0 Å². The van der Waals surface area contributed by atoms with Gasteiger partial charge >= 0.3 is 6.18 Å². The molecule has 3 N–H and O–H groups in total.